The highest BCUT2D eigenvalue weighted by Crippen LogP contribution is 2.24. The predicted molar refractivity (Wildman–Crippen MR) is 104 cm³/mol. The first-order chi connectivity index (χ1) is 13.4. The van der Waals surface area contributed by atoms with Crippen LogP contribution in [0.4, 0.5) is 0 Å². The van der Waals surface area contributed by atoms with Gasteiger partial charge in [0.25, 0.3) is 11.8 Å². The molecule has 7 heteroatoms. The molecule has 0 bridgehead atoms. The topological polar surface area (TPSA) is 93.5 Å². The maximum atomic E-state index is 12.5. The van der Waals surface area contributed by atoms with Crippen molar-refractivity contribution in [2.75, 3.05) is 6.61 Å². The summed E-state index contributed by atoms with van der Waals surface area (Å²) in [5.41, 5.74) is 8.23. The summed E-state index contributed by atoms with van der Waals surface area (Å²) >= 11 is 0. The average molecular weight is 379 g/mol. The lowest BCUT2D eigenvalue weighted by Gasteiger charge is -2.10. The Kier molecular flexibility index (Phi) is 5.74. The van der Waals surface area contributed by atoms with Crippen molar-refractivity contribution in [2.24, 2.45) is 0 Å². The van der Waals surface area contributed by atoms with E-state index in [2.05, 4.69) is 16.0 Å². The number of hydrazine groups is 1. The lowest BCUT2D eigenvalue weighted by atomic mass is 10.1. The van der Waals surface area contributed by atoms with E-state index in [1.807, 2.05) is 62.4 Å². The van der Waals surface area contributed by atoms with Gasteiger partial charge in [0.15, 0.2) is 6.61 Å². The molecule has 0 aliphatic heterocycles. The van der Waals surface area contributed by atoms with Gasteiger partial charge >= 0.3 is 0 Å². The lowest BCUT2D eigenvalue weighted by Crippen LogP contribution is -2.44. The van der Waals surface area contributed by atoms with Crippen LogP contribution >= 0.6 is 0 Å². The third kappa shape index (κ3) is 4.56. The second-order valence-corrected chi connectivity index (χ2v) is 6.44. The molecule has 28 heavy (non-hydrogen) atoms. The van der Waals surface area contributed by atoms with Gasteiger partial charge < -0.3 is 9.26 Å². The minimum atomic E-state index is -0.516. The van der Waals surface area contributed by atoms with Crippen molar-refractivity contribution in [3.05, 3.63) is 71.0 Å². The average Bonchev–Trinajstić information content (AvgIpc) is 3.06. The molecule has 0 aliphatic carbocycles. The molecular formula is C21H21N3O4. The van der Waals surface area contributed by atoms with Gasteiger partial charge in [0, 0.05) is 5.56 Å². The Labute approximate surface area is 162 Å². The number of ether oxygens (including phenoxy) is 1. The van der Waals surface area contributed by atoms with E-state index in [1.165, 1.54) is 0 Å². The highest BCUT2D eigenvalue weighted by Gasteiger charge is 2.21. The molecule has 2 aromatic carbocycles. The van der Waals surface area contributed by atoms with Gasteiger partial charge in [-0.05, 0) is 44.0 Å². The molecule has 2 N–H and O–H groups in total. The Bertz CT molecular complexity index is 976. The van der Waals surface area contributed by atoms with Crippen LogP contribution in [0.15, 0.2) is 53.1 Å². The van der Waals surface area contributed by atoms with Crippen LogP contribution in [-0.4, -0.2) is 23.6 Å². The zero-order valence-corrected chi connectivity index (χ0v) is 15.9. The van der Waals surface area contributed by atoms with Gasteiger partial charge in [-0.15, -0.1) is 0 Å². The van der Waals surface area contributed by atoms with Gasteiger partial charge in [0.1, 0.15) is 22.8 Å². The molecule has 0 fully saturated rings. The zero-order valence-electron chi connectivity index (χ0n) is 15.9. The number of nitrogens with zero attached hydrogens (tertiary/aromatic N) is 1. The van der Waals surface area contributed by atoms with Crippen LogP contribution in [0.5, 0.6) is 5.75 Å². The van der Waals surface area contributed by atoms with Crippen molar-refractivity contribution in [2.45, 2.75) is 20.8 Å². The van der Waals surface area contributed by atoms with Crippen LogP contribution in [0.1, 0.15) is 27.2 Å². The van der Waals surface area contributed by atoms with E-state index in [9.17, 15) is 9.59 Å². The number of benzene rings is 2. The van der Waals surface area contributed by atoms with Crippen molar-refractivity contribution in [3.63, 3.8) is 0 Å². The molecule has 0 spiro atoms. The van der Waals surface area contributed by atoms with Crippen LogP contribution in [0.25, 0.3) is 11.3 Å². The number of hydrogen-bond acceptors (Lipinski definition) is 5. The second-order valence-electron chi connectivity index (χ2n) is 6.44. The Morgan fingerprint density at radius 2 is 1.68 bits per heavy atom. The van der Waals surface area contributed by atoms with E-state index in [4.69, 9.17) is 9.26 Å². The van der Waals surface area contributed by atoms with Crippen LogP contribution in [-0.2, 0) is 4.79 Å². The highest BCUT2D eigenvalue weighted by molar-refractivity contribution is 6.01. The summed E-state index contributed by atoms with van der Waals surface area (Å²) in [5, 5.41) is 3.95. The quantitative estimate of drug-likeness (QED) is 0.665. The Balaban J connectivity index is 1.60. The maximum Gasteiger partial charge on any atom is 0.276 e. The fourth-order valence-corrected chi connectivity index (χ4v) is 2.82. The molecule has 0 saturated heterocycles. The molecule has 0 saturated carbocycles. The number of carbonyl (C=O) groups excluding carboxylic acids is 2. The van der Waals surface area contributed by atoms with E-state index < -0.39 is 11.8 Å². The van der Waals surface area contributed by atoms with Gasteiger partial charge in [-0.2, -0.15) is 0 Å². The van der Waals surface area contributed by atoms with E-state index in [-0.39, 0.29) is 12.2 Å². The first kappa shape index (κ1) is 19.2. The monoisotopic (exact) mass is 379 g/mol. The third-order valence-electron chi connectivity index (χ3n) is 4.02. The van der Waals surface area contributed by atoms with E-state index in [1.54, 1.807) is 6.92 Å². The SMILES string of the molecule is Cc1cc(C)cc(OCC(=O)NNC(=O)c2c(-c3ccccc3)noc2C)c1. The molecule has 0 atom stereocenters. The minimum absolute atomic E-state index is 0.225. The predicted octanol–water partition coefficient (Wildman–Crippen LogP) is 3.11. The minimum Gasteiger partial charge on any atom is -0.484 e. The van der Waals surface area contributed by atoms with Crippen LogP contribution in [0.2, 0.25) is 0 Å². The molecule has 3 aromatic rings. The summed E-state index contributed by atoms with van der Waals surface area (Å²) in [6.07, 6.45) is 0. The summed E-state index contributed by atoms with van der Waals surface area (Å²) in [4.78, 5) is 24.5. The summed E-state index contributed by atoms with van der Waals surface area (Å²) < 4.78 is 10.6. The van der Waals surface area contributed by atoms with Crippen LogP contribution in [0, 0.1) is 20.8 Å². The largest absolute Gasteiger partial charge is 0.484 e. The number of carbonyl (C=O) groups is 2. The Morgan fingerprint density at radius 3 is 2.36 bits per heavy atom. The molecule has 3 rings (SSSR count). The zero-order chi connectivity index (χ0) is 20.1. The summed E-state index contributed by atoms with van der Waals surface area (Å²) in [6.45, 7) is 5.31. The molecule has 0 unspecified atom stereocenters. The normalized spacial score (nSPS) is 10.4. The van der Waals surface area contributed by atoms with Gasteiger partial charge in [-0.25, -0.2) is 0 Å². The molecular weight excluding hydrogens is 358 g/mol. The highest BCUT2D eigenvalue weighted by atomic mass is 16.5. The number of hydrogen-bond donors (Lipinski definition) is 2. The van der Waals surface area contributed by atoms with E-state index in [0.717, 1.165) is 16.7 Å². The number of rotatable bonds is 5. The van der Waals surface area contributed by atoms with Gasteiger partial charge in [0.2, 0.25) is 0 Å². The molecule has 7 nitrogen and oxygen atoms in total. The molecule has 2 amide bonds. The molecule has 0 aliphatic rings. The van der Waals surface area contributed by atoms with Crippen molar-refractivity contribution >= 4 is 11.8 Å². The fraction of sp³-hybridized carbons (Fsp3) is 0.190. The van der Waals surface area contributed by atoms with Crippen molar-refractivity contribution in [1.29, 1.82) is 0 Å². The fourth-order valence-electron chi connectivity index (χ4n) is 2.82. The van der Waals surface area contributed by atoms with Crippen LogP contribution < -0.4 is 15.6 Å². The van der Waals surface area contributed by atoms with E-state index >= 15 is 0 Å². The Hall–Kier alpha value is -3.61. The summed E-state index contributed by atoms with van der Waals surface area (Å²) in [7, 11) is 0. The smallest absolute Gasteiger partial charge is 0.276 e. The van der Waals surface area contributed by atoms with Crippen molar-refractivity contribution in [1.82, 2.24) is 16.0 Å². The second kappa shape index (κ2) is 8.39. The number of aromatic nitrogens is 1. The first-order valence-electron chi connectivity index (χ1n) is 8.76. The van der Waals surface area contributed by atoms with Crippen LogP contribution in [0.3, 0.4) is 0 Å². The standard InChI is InChI=1S/C21H21N3O4/c1-13-9-14(2)11-17(10-13)27-12-18(25)22-23-21(26)19-15(3)28-24-20(19)16-7-5-4-6-8-16/h4-11H,12H2,1-3H3,(H,22,25)(H,23,26). The first-order valence-corrected chi connectivity index (χ1v) is 8.76. The number of aryl methyl sites for hydroxylation is 3. The molecule has 0 radical (unpaired) electrons. The van der Waals surface area contributed by atoms with Crippen molar-refractivity contribution in [3.8, 4) is 17.0 Å². The third-order valence-corrected chi connectivity index (χ3v) is 4.02. The molecule has 1 heterocycles. The summed E-state index contributed by atoms with van der Waals surface area (Å²) in [6, 6.07) is 14.9. The van der Waals surface area contributed by atoms with Gasteiger partial charge in [0.05, 0.1) is 0 Å². The van der Waals surface area contributed by atoms with Gasteiger partial charge in [-0.3, -0.25) is 20.4 Å². The van der Waals surface area contributed by atoms with Gasteiger partial charge in [-0.1, -0.05) is 41.6 Å². The number of amides is 2. The maximum absolute atomic E-state index is 12.5. The number of nitrogens with one attached hydrogen (secondary N) is 2. The van der Waals surface area contributed by atoms with Crippen molar-refractivity contribution < 1.29 is 18.8 Å². The summed E-state index contributed by atoms with van der Waals surface area (Å²) in [5.74, 6) is -0.0439. The lowest BCUT2D eigenvalue weighted by molar-refractivity contribution is -0.123. The molecule has 144 valence electrons. The molecule has 1 aromatic heterocycles. The van der Waals surface area contributed by atoms with E-state index in [0.29, 0.717) is 17.2 Å². The Morgan fingerprint density at radius 1 is 1.00 bits per heavy atom.